The van der Waals surface area contributed by atoms with Crippen LogP contribution in [-0.4, -0.2) is 24.5 Å². The third-order valence-electron chi connectivity index (χ3n) is 2.66. The molecule has 3 atom stereocenters. The monoisotopic (exact) mass is 111 g/mol. The van der Waals surface area contributed by atoms with E-state index in [4.69, 9.17) is 0 Å². The van der Waals surface area contributed by atoms with Crippen molar-refractivity contribution >= 4 is 0 Å². The molecule has 2 heterocycles. The second-order valence-corrected chi connectivity index (χ2v) is 3.29. The lowest BCUT2D eigenvalue weighted by Gasteiger charge is -2.16. The zero-order chi connectivity index (χ0) is 5.56. The Balaban J connectivity index is 2.11. The van der Waals surface area contributed by atoms with E-state index in [1.54, 1.807) is 0 Å². The number of fused-ring (bicyclic) bond motifs is 2. The van der Waals surface area contributed by atoms with Crippen molar-refractivity contribution in [3.8, 4) is 0 Å². The summed E-state index contributed by atoms with van der Waals surface area (Å²) in [4.78, 5) is 2.58. The van der Waals surface area contributed by atoms with Gasteiger partial charge in [0.05, 0.1) is 0 Å². The molecule has 0 spiro atoms. The van der Waals surface area contributed by atoms with Gasteiger partial charge >= 0.3 is 0 Å². The fourth-order valence-electron chi connectivity index (χ4n) is 2.05. The summed E-state index contributed by atoms with van der Waals surface area (Å²) >= 11 is 0. The van der Waals surface area contributed by atoms with Gasteiger partial charge in [0.15, 0.2) is 0 Å². The number of hydrogen-bond donors (Lipinski definition) is 0. The van der Waals surface area contributed by atoms with E-state index in [-0.39, 0.29) is 0 Å². The van der Waals surface area contributed by atoms with Gasteiger partial charge in [0.25, 0.3) is 0 Å². The van der Waals surface area contributed by atoms with E-state index in [0.717, 1.165) is 11.8 Å². The Labute approximate surface area is 50.7 Å². The summed E-state index contributed by atoms with van der Waals surface area (Å²) in [6.45, 7) is 6.55. The highest BCUT2D eigenvalue weighted by Gasteiger charge is 2.34. The minimum atomic E-state index is 1.00. The Morgan fingerprint density at radius 3 is 2.50 bits per heavy atom. The fraction of sp³-hybridized carbons (Fsp3) is 1.00. The lowest BCUT2D eigenvalue weighted by atomic mass is 9.95. The standard InChI is InChI=1S/C7H13N/c1-6-4-8-3-2-7(6)5-8/h6-7H,2-5H2,1H3/t6-,7?/m1/s1. The molecule has 1 nitrogen and oxygen atoms in total. The predicted molar refractivity (Wildman–Crippen MR) is 33.7 cm³/mol. The van der Waals surface area contributed by atoms with E-state index in [0.29, 0.717) is 0 Å². The van der Waals surface area contributed by atoms with Crippen molar-refractivity contribution in [2.45, 2.75) is 13.3 Å². The first-order valence-electron chi connectivity index (χ1n) is 3.58. The van der Waals surface area contributed by atoms with E-state index in [2.05, 4.69) is 11.8 Å². The van der Waals surface area contributed by atoms with Gasteiger partial charge in [0.1, 0.15) is 0 Å². The van der Waals surface area contributed by atoms with Crippen LogP contribution in [-0.2, 0) is 0 Å². The summed E-state index contributed by atoms with van der Waals surface area (Å²) in [5.74, 6) is 2.07. The molecule has 2 bridgehead atoms. The van der Waals surface area contributed by atoms with Crippen LogP contribution in [0, 0.1) is 11.8 Å². The van der Waals surface area contributed by atoms with Crippen molar-refractivity contribution in [3.05, 3.63) is 0 Å². The molecule has 0 N–H and O–H groups in total. The summed E-state index contributed by atoms with van der Waals surface area (Å²) in [6, 6.07) is 0. The molecule has 1 heteroatoms. The first-order valence-corrected chi connectivity index (χ1v) is 3.58. The van der Waals surface area contributed by atoms with Crippen LogP contribution in [0.3, 0.4) is 0 Å². The largest absolute Gasteiger partial charge is 0.303 e. The summed E-state index contributed by atoms with van der Waals surface area (Å²) in [5.41, 5.74) is 0. The number of piperidine rings is 1. The highest BCUT2D eigenvalue weighted by atomic mass is 15.2. The Morgan fingerprint density at radius 2 is 2.25 bits per heavy atom. The van der Waals surface area contributed by atoms with Crippen molar-refractivity contribution in [1.82, 2.24) is 4.90 Å². The molecule has 0 aliphatic carbocycles. The molecule has 2 fully saturated rings. The lowest BCUT2D eigenvalue weighted by molar-refractivity contribution is 0.316. The van der Waals surface area contributed by atoms with Crippen LogP contribution in [0.25, 0.3) is 0 Å². The molecule has 2 rings (SSSR count). The van der Waals surface area contributed by atoms with Crippen molar-refractivity contribution < 1.29 is 0 Å². The van der Waals surface area contributed by atoms with Gasteiger partial charge in [-0.15, -0.1) is 0 Å². The summed E-state index contributed by atoms with van der Waals surface area (Å²) in [7, 11) is 0. The minimum Gasteiger partial charge on any atom is -0.303 e. The molecule has 0 amide bonds. The van der Waals surface area contributed by atoms with Gasteiger partial charge in [-0.1, -0.05) is 6.92 Å². The smallest absolute Gasteiger partial charge is 0.00133 e. The average Bonchev–Trinajstić information content (AvgIpc) is 2.23. The van der Waals surface area contributed by atoms with Gasteiger partial charge < -0.3 is 4.90 Å². The molecule has 0 radical (unpaired) electrons. The van der Waals surface area contributed by atoms with Crippen molar-refractivity contribution in [2.24, 2.45) is 11.8 Å². The third kappa shape index (κ3) is 0.510. The summed E-state index contributed by atoms with van der Waals surface area (Å²) in [5, 5.41) is 0. The first-order chi connectivity index (χ1) is 3.86. The van der Waals surface area contributed by atoms with Gasteiger partial charge in [0, 0.05) is 13.1 Å². The molecule has 0 aromatic rings. The van der Waals surface area contributed by atoms with Gasteiger partial charge in [-0.2, -0.15) is 0 Å². The van der Waals surface area contributed by atoms with Gasteiger partial charge in [-0.25, -0.2) is 0 Å². The second-order valence-electron chi connectivity index (χ2n) is 3.29. The van der Waals surface area contributed by atoms with Gasteiger partial charge in [0.2, 0.25) is 0 Å². The van der Waals surface area contributed by atoms with Crippen LogP contribution in [0.5, 0.6) is 0 Å². The zero-order valence-corrected chi connectivity index (χ0v) is 5.43. The van der Waals surface area contributed by atoms with Crippen LogP contribution in [0.2, 0.25) is 0 Å². The molecule has 0 aromatic carbocycles. The van der Waals surface area contributed by atoms with Crippen LogP contribution in [0.4, 0.5) is 0 Å². The van der Waals surface area contributed by atoms with Crippen molar-refractivity contribution in [3.63, 3.8) is 0 Å². The van der Waals surface area contributed by atoms with E-state index < -0.39 is 0 Å². The Kier molecular flexibility index (Phi) is 0.884. The fourth-order valence-corrected chi connectivity index (χ4v) is 2.05. The molecular formula is C7H13N. The predicted octanol–water partition coefficient (Wildman–Crippen LogP) is 0.958. The molecule has 8 heavy (non-hydrogen) atoms. The van der Waals surface area contributed by atoms with E-state index in [1.165, 1.54) is 26.1 Å². The average molecular weight is 111 g/mol. The molecular weight excluding hydrogens is 98.1 g/mol. The SMILES string of the molecule is C[C@@H]1CN2CCC1C2. The topological polar surface area (TPSA) is 3.24 Å². The molecule has 46 valence electrons. The van der Waals surface area contributed by atoms with E-state index >= 15 is 0 Å². The van der Waals surface area contributed by atoms with Gasteiger partial charge in [-0.05, 0) is 24.8 Å². The number of rotatable bonds is 0. The maximum absolute atomic E-state index is 2.58. The Bertz CT molecular complexity index is 98.6. The van der Waals surface area contributed by atoms with Crippen LogP contribution < -0.4 is 0 Å². The summed E-state index contributed by atoms with van der Waals surface area (Å²) < 4.78 is 0. The highest BCUT2D eigenvalue weighted by Crippen LogP contribution is 2.31. The maximum atomic E-state index is 2.58. The van der Waals surface area contributed by atoms with E-state index in [9.17, 15) is 0 Å². The quantitative estimate of drug-likeness (QED) is 0.450. The normalized spacial score (nSPS) is 52.9. The van der Waals surface area contributed by atoms with Crippen LogP contribution >= 0.6 is 0 Å². The lowest BCUT2D eigenvalue weighted by Crippen LogP contribution is -2.21. The van der Waals surface area contributed by atoms with Gasteiger partial charge in [-0.3, -0.25) is 0 Å². The second kappa shape index (κ2) is 1.47. The maximum Gasteiger partial charge on any atom is 0.00133 e. The van der Waals surface area contributed by atoms with Crippen molar-refractivity contribution in [1.29, 1.82) is 0 Å². The van der Waals surface area contributed by atoms with Crippen LogP contribution in [0.1, 0.15) is 13.3 Å². The zero-order valence-electron chi connectivity index (χ0n) is 5.43. The Hall–Kier alpha value is -0.0400. The third-order valence-corrected chi connectivity index (χ3v) is 2.66. The highest BCUT2D eigenvalue weighted by molar-refractivity contribution is 4.87. The molecule has 0 saturated carbocycles. The molecule has 2 unspecified atom stereocenters. The first kappa shape index (κ1) is 4.80. The summed E-state index contributed by atoms with van der Waals surface area (Å²) in [6.07, 6.45) is 1.47. The molecule has 2 aliphatic rings. The number of hydrogen-bond acceptors (Lipinski definition) is 1. The minimum absolute atomic E-state index is 1.00. The number of nitrogens with zero attached hydrogens (tertiary/aromatic N) is 1. The Morgan fingerprint density at radius 1 is 1.38 bits per heavy atom. The van der Waals surface area contributed by atoms with Crippen molar-refractivity contribution in [2.75, 3.05) is 19.6 Å². The molecule has 2 aliphatic heterocycles. The molecule has 0 aromatic heterocycles. The molecule has 2 saturated heterocycles. The van der Waals surface area contributed by atoms with E-state index in [1.807, 2.05) is 0 Å². The van der Waals surface area contributed by atoms with Crippen LogP contribution in [0.15, 0.2) is 0 Å².